The summed E-state index contributed by atoms with van der Waals surface area (Å²) in [6.07, 6.45) is 4.89. The SMILES string of the molecule is CCN(CC)CCCCNCCc1ccc2c(c1)CC(C)N2. The van der Waals surface area contributed by atoms with Gasteiger partial charge in [-0.2, -0.15) is 0 Å². The quantitative estimate of drug-likeness (QED) is 0.650. The lowest BCUT2D eigenvalue weighted by atomic mass is 10.0. The first-order valence-corrected chi connectivity index (χ1v) is 9.04. The predicted octanol–water partition coefficient (Wildman–Crippen LogP) is 3.30. The minimum Gasteiger partial charge on any atom is -0.382 e. The summed E-state index contributed by atoms with van der Waals surface area (Å²) in [7, 11) is 0. The van der Waals surface area contributed by atoms with Crippen LogP contribution >= 0.6 is 0 Å². The fourth-order valence-corrected chi connectivity index (χ4v) is 3.24. The van der Waals surface area contributed by atoms with Gasteiger partial charge in [-0.15, -0.1) is 0 Å². The van der Waals surface area contributed by atoms with E-state index >= 15 is 0 Å². The largest absolute Gasteiger partial charge is 0.382 e. The molecule has 1 aliphatic rings. The Balaban J connectivity index is 1.57. The fourth-order valence-electron chi connectivity index (χ4n) is 3.24. The lowest BCUT2D eigenvalue weighted by molar-refractivity contribution is 0.296. The van der Waals surface area contributed by atoms with E-state index in [1.807, 2.05) is 0 Å². The summed E-state index contributed by atoms with van der Waals surface area (Å²) in [5.41, 5.74) is 4.29. The van der Waals surface area contributed by atoms with Crippen molar-refractivity contribution >= 4 is 5.69 Å². The number of anilines is 1. The van der Waals surface area contributed by atoms with Crippen LogP contribution in [-0.4, -0.2) is 43.7 Å². The highest BCUT2D eigenvalue weighted by Gasteiger charge is 2.16. The van der Waals surface area contributed by atoms with Crippen molar-refractivity contribution in [3.05, 3.63) is 29.3 Å². The van der Waals surface area contributed by atoms with Crippen LogP contribution in [0.25, 0.3) is 0 Å². The first kappa shape index (κ1) is 17.3. The maximum Gasteiger partial charge on any atom is 0.0375 e. The van der Waals surface area contributed by atoms with Crippen molar-refractivity contribution in [3.8, 4) is 0 Å². The Bertz CT molecular complexity index is 440. The number of hydrogen-bond donors (Lipinski definition) is 2. The van der Waals surface area contributed by atoms with Crippen molar-refractivity contribution in [2.24, 2.45) is 0 Å². The van der Waals surface area contributed by atoms with Crippen molar-refractivity contribution in [1.29, 1.82) is 0 Å². The van der Waals surface area contributed by atoms with E-state index in [1.54, 1.807) is 0 Å². The van der Waals surface area contributed by atoms with Crippen LogP contribution in [0.1, 0.15) is 44.7 Å². The topological polar surface area (TPSA) is 27.3 Å². The average molecular weight is 303 g/mol. The summed E-state index contributed by atoms with van der Waals surface area (Å²) >= 11 is 0. The maximum absolute atomic E-state index is 3.59. The molecular weight excluding hydrogens is 270 g/mol. The third kappa shape index (κ3) is 5.29. The van der Waals surface area contributed by atoms with Crippen molar-refractivity contribution in [3.63, 3.8) is 0 Å². The molecular formula is C19H33N3. The molecule has 1 heterocycles. The second kappa shape index (κ2) is 9.16. The highest BCUT2D eigenvalue weighted by Crippen LogP contribution is 2.26. The Morgan fingerprint density at radius 3 is 2.77 bits per heavy atom. The molecule has 0 fully saturated rings. The van der Waals surface area contributed by atoms with Gasteiger partial charge in [-0.25, -0.2) is 0 Å². The molecule has 1 aliphatic heterocycles. The minimum atomic E-state index is 0.592. The van der Waals surface area contributed by atoms with Crippen molar-refractivity contribution in [2.45, 2.75) is 52.5 Å². The van der Waals surface area contributed by atoms with Crippen LogP contribution in [0.2, 0.25) is 0 Å². The highest BCUT2D eigenvalue weighted by molar-refractivity contribution is 5.57. The van der Waals surface area contributed by atoms with Crippen LogP contribution in [0, 0.1) is 0 Å². The molecule has 0 saturated heterocycles. The Morgan fingerprint density at radius 2 is 2.00 bits per heavy atom. The molecule has 0 aliphatic carbocycles. The van der Waals surface area contributed by atoms with Gasteiger partial charge >= 0.3 is 0 Å². The molecule has 3 nitrogen and oxygen atoms in total. The van der Waals surface area contributed by atoms with Crippen LogP contribution < -0.4 is 10.6 Å². The number of unbranched alkanes of at least 4 members (excludes halogenated alkanes) is 1. The van der Waals surface area contributed by atoms with E-state index in [-0.39, 0.29) is 0 Å². The molecule has 0 radical (unpaired) electrons. The summed E-state index contributed by atoms with van der Waals surface area (Å²) in [6, 6.07) is 7.49. The normalized spacial score (nSPS) is 16.8. The number of fused-ring (bicyclic) bond motifs is 1. The smallest absolute Gasteiger partial charge is 0.0375 e. The lowest BCUT2D eigenvalue weighted by Gasteiger charge is -2.17. The summed E-state index contributed by atoms with van der Waals surface area (Å²) in [4.78, 5) is 2.50. The minimum absolute atomic E-state index is 0.592. The molecule has 124 valence electrons. The van der Waals surface area contributed by atoms with Gasteiger partial charge in [0.2, 0.25) is 0 Å². The van der Waals surface area contributed by atoms with Gasteiger partial charge in [0, 0.05) is 11.7 Å². The monoisotopic (exact) mass is 303 g/mol. The molecule has 1 atom stereocenters. The number of nitrogens with one attached hydrogen (secondary N) is 2. The second-order valence-corrected chi connectivity index (χ2v) is 6.47. The molecule has 1 aromatic rings. The molecule has 1 aromatic carbocycles. The van der Waals surface area contributed by atoms with Gasteiger partial charge in [0.25, 0.3) is 0 Å². The molecule has 22 heavy (non-hydrogen) atoms. The first-order chi connectivity index (χ1) is 10.7. The Labute approximate surface area is 136 Å². The molecule has 0 saturated carbocycles. The van der Waals surface area contributed by atoms with Gasteiger partial charge in [0.1, 0.15) is 0 Å². The second-order valence-electron chi connectivity index (χ2n) is 6.47. The first-order valence-electron chi connectivity index (χ1n) is 9.04. The van der Waals surface area contributed by atoms with E-state index in [4.69, 9.17) is 0 Å². The van der Waals surface area contributed by atoms with Gasteiger partial charge in [-0.1, -0.05) is 26.0 Å². The van der Waals surface area contributed by atoms with Crippen LogP contribution in [0.15, 0.2) is 18.2 Å². The lowest BCUT2D eigenvalue weighted by Crippen LogP contribution is -2.25. The maximum atomic E-state index is 3.59. The van der Waals surface area contributed by atoms with Crippen LogP contribution in [0.4, 0.5) is 5.69 Å². The van der Waals surface area contributed by atoms with Crippen molar-refractivity contribution in [2.75, 3.05) is 38.0 Å². The Kier molecular flexibility index (Phi) is 7.20. The van der Waals surface area contributed by atoms with Gasteiger partial charge in [0.15, 0.2) is 0 Å². The number of rotatable bonds is 10. The summed E-state index contributed by atoms with van der Waals surface area (Å²) in [6.45, 7) is 12.6. The van der Waals surface area contributed by atoms with E-state index in [9.17, 15) is 0 Å². The Hall–Kier alpha value is -1.06. The number of benzene rings is 1. The molecule has 2 N–H and O–H groups in total. The predicted molar refractivity (Wildman–Crippen MR) is 96.8 cm³/mol. The number of nitrogens with zero attached hydrogens (tertiary/aromatic N) is 1. The third-order valence-corrected chi connectivity index (χ3v) is 4.66. The van der Waals surface area contributed by atoms with E-state index in [0.29, 0.717) is 6.04 Å². The van der Waals surface area contributed by atoms with Gasteiger partial charge in [-0.3, -0.25) is 0 Å². The Morgan fingerprint density at radius 1 is 1.18 bits per heavy atom. The standard InChI is InChI=1S/C19H33N3/c1-4-22(5-2)13-7-6-11-20-12-10-17-8-9-19-18(15-17)14-16(3)21-19/h8-9,15-16,20-21H,4-7,10-14H2,1-3H3. The molecule has 1 unspecified atom stereocenters. The third-order valence-electron chi connectivity index (χ3n) is 4.66. The number of hydrogen-bond acceptors (Lipinski definition) is 3. The molecule has 0 spiro atoms. The van der Waals surface area contributed by atoms with Crippen LogP contribution in [0.3, 0.4) is 0 Å². The summed E-state index contributed by atoms with van der Waals surface area (Å²) < 4.78 is 0. The van der Waals surface area contributed by atoms with E-state index in [1.165, 1.54) is 55.7 Å². The van der Waals surface area contributed by atoms with E-state index in [2.05, 4.69) is 54.5 Å². The summed E-state index contributed by atoms with van der Waals surface area (Å²) in [5, 5.41) is 7.10. The molecule has 0 amide bonds. The molecule has 3 heteroatoms. The summed E-state index contributed by atoms with van der Waals surface area (Å²) in [5.74, 6) is 0. The van der Waals surface area contributed by atoms with Gasteiger partial charge in [0.05, 0.1) is 0 Å². The zero-order valence-corrected chi connectivity index (χ0v) is 14.6. The fraction of sp³-hybridized carbons (Fsp3) is 0.684. The average Bonchev–Trinajstić information content (AvgIpc) is 2.89. The van der Waals surface area contributed by atoms with Crippen LogP contribution in [0.5, 0.6) is 0 Å². The van der Waals surface area contributed by atoms with E-state index in [0.717, 1.165) is 19.5 Å². The zero-order valence-electron chi connectivity index (χ0n) is 14.6. The van der Waals surface area contributed by atoms with E-state index < -0.39 is 0 Å². The molecule has 0 aromatic heterocycles. The van der Waals surface area contributed by atoms with Crippen molar-refractivity contribution in [1.82, 2.24) is 10.2 Å². The zero-order chi connectivity index (χ0) is 15.8. The molecule has 2 rings (SSSR count). The molecule has 0 bridgehead atoms. The van der Waals surface area contributed by atoms with Crippen LogP contribution in [-0.2, 0) is 12.8 Å². The van der Waals surface area contributed by atoms with Gasteiger partial charge in [-0.05, 0) is 82.5 Å². The van der Waals surface area contributed by atoms with Gasteiger partial charge < -0.3 is 15.5 Å². The van der Waals surface area contributed by atoms with Crippen molar-refractivity contribution < 1.29 is 0 Å². The highest BCUT2D eigenvalue weighted by atomic mass is 15.1.